The lowest BCUT2D eigenvalue weighted by molar-refractivity contribution is -0.122. The van der Waals surface area contributed by atoms with Gasteiger partial charge in [-0.3, -0.25) is 4.79 Å². The number of allylic oxidation sites excluding steroid dienone is 6. The van der Waals surface area contributed by atoms with E-state index in [1.165, 1.54) is 37.1 Å². The Hall–Kier alpha value is -2.83. The molecule has 5 aliphatic rings. The van der Waals surface area contributed by atoms with Crippen LogP contribution in [0.4, 0.5) is 0 Å². The maximum Gasteiger partial charge on any atom is 0.220 e. The summed E-state index contributed by atoms with van der Waals surface area (Å²) in [6, 6.07) is 8.39. The molecule has 6 heteroatoms. The molecule has 3 aliphatic carbocycles. The molecule has 0 spiro atoms. The topological polar surface area (TPSA) is 60.0 Å². The van der Waals surface area contributed by atoms with Gasteiger partial charge in [0.15, 0.2) is 0 Å². The maximum atomic E-state index is 13.1. The fourth-order valence-corrected chi connectivity index (χ4v) is 6.62. The van der Waals surface area contributed by atoms with Crippen LogP contribution in [0.1, 0.15) is 50.5 Å². The lowest BCUT2D eigenvalue weighted by atomic mass is 9.88. The van der Waals surface area contributed by atoms with Crippen molar-refractivity contribution in [2.45, 2.75) is 57.1 Å². The van der Waals surface area contributed by atoms with Gasteiger partial charge in [0.05, 0.1) is 13.7 Å². The van der Waals surface area contributed by atoms with Crippen LogP contribution in [-0.4, -0.2) is 62.9 Å². The summed E-state index contributed by atoms with van der Waals surface area (Å²) in [5, 5.41) is 3.43. The molecular formula is C32H40N2O4. The zero-order chi connectivity index (χ0) is 26.0. The van der Waals surface area contributed by atoms with E-state index in [0.29, 0.717) is 19.6 Å². The van der Waals surface area contributed by atoms with E-state index in [1.807, 2.05) is 12.1 Å². The van der Waals surface area contributed by atoms with Gasteiger partial charge in [-0.25, -0.2) is 0 Å². The Balaban J connectivity index is 1.05. The lowest BCUT2D eigenvalue weighted by Crippen LogP contribution is -2.37. The number of hydrogen-bond donors (Lipinski definition) is 1. The number of nitrogens with one attached hydrogen (secondary N) is 1. The van der Waals surface area contributed by atoms with Crippen LogP contribution < -0.4 is 10.1 Å². The lowest BCUT2D eigenvalue weighted by Gasteiger charge is -2.32. The molecule has 0 radical (unpaired) electrons. The number of rotatable bonds is 9. The quantitative estimate of drug-likeness (QED) is 0.499. The molecule has 0 bridgehead atoms. The molecule has 38 heavy (non-hydrogen) atoms. The van der Waals surface area contributed by atoms with E-state index in [1.54, 1.807) is 7.11 Å². The van der Waals surface area contributed by atoms with Crippen LogP contribution >= 0.6 is 0 Å². The van der Waals surface area contributed by atoms with Crippen molar-refractivity contribution in [3.63, 3.8) is 0 Å². The number of amides is 1. The van der Waals surface area contributed by atoms with Gasteiger partial charge in [0.25, 0.3) is 0 Å². The molecule has 1 N–H and O–H groups in total. The van der Waals surface area contributed by atoms with Crippen molar-refractivity contribution in [1.29, 1.82) is 0 Å². The minimum atomic E-state index is 0.0624. The number of nitrogens with zero attached hydrogens (tertiary/aromatic N) is 1. The third-order valence-electron chi connectivity index (χ3n) is 8.80. The van der Waals surface area contributed by atoms with Gasteiger partial charge in [-0.05, 0) is 80.5 Å². The van der Waals surface area contributed by atoms with Crippen molar-refractivity contribution in [2.24, 2.45) is 11.3 Å². The first-order valence-corrected chi connectivity index (χ1v) is 14.3. The maximum absolute atomic E-state index is 13.1. The molecule has 6 rings (SSSR count). The Morgan fingerprint density at radius 3 is 2.92 bits per heavy atom. The van der Waals surface area contributed by atoms with Gasteiger partial charge in [0.2, 0.25) is 5.91 Å². The second-order valence-electron chi connectivity index (χ2n) is 11.6. The van der Waals surface area contributed by atoms with Crippen LogP contribution in [-0.2, 0) is 14.3 Å². The largest absolute Gasteiger partial charge is 0.497 e. The van der Waals surface area contributed by atoms with E-state index in [4.69, 9.17) is 14.2 Å². The zero-order valence-electron chi connectivity index (χ0n) is 22.5. The predicted octanol–water partition coefficient (Wildman–Crippen LogP) is 5.04. The average Bonchev–Trinajstić information content (AvgIpc) is 3.32. The van der Waals surface area contributed by atoms with Crippen LogP contribution in [0.2, 0.25) is 0 Å². The number of benzene rings is 1. The van der Waals surface area contributed by atoms with Crippen molar-refractivity contribution >= 4 is 11.5 Å². The van der Waals surface area contributed by atoms with E-state index < -0.39 is 0 Å². The minimum absolute atomic E-state index is 0.0624. The van der Waals surface area contributed by atoms with Gasteiger partial charge in [0, 0.05) is 30.8 Å². The smallest absolute Gasteiger partial charge is 0.220 e. The first-order chi connectivity index (χ1) is 18.6. The molecule has 2 saturated heterocycles. The molecule has 2 aliphatic heterocycles. The van der Waals surface area contributed by atoms with E-state index in [-0.39, 0.29) is 29.4 Å². The Labute approximate surface area is 226 Å². The van der Waals surface area contributed by atoms with Crippen LogP contribution in [0.25, 0.3) is 5.57 Å². The summed E-state index contributed by atoms with van der Waals surface area (Å²) in [6.07, 6.45) is 18.0. The van der Waals surface area contributed by atoms with E-state index in [9.17, 15) is 4.79 Å². The monoisotopic (exact) mass is 516 g/mol. The van der Waals surface area contributed by atoms with Gasteiger partial charge in [-0.2, -0.15) is 0 Å². The fraction of sp³-hybridized carbons (Fsp3) is 0.531. The van der Waals surface area contributed by atoms with Crippen LogP contribution in [0.3, 0.4) is 0 Å². The standard InChI is InChI=1S/C32H40N2O4/c1-36-27-6-4-5-26(19-27)25-10-7-23(8-11-25)18-31(35)33-30-21-32(30,22-34-13-2-3-14-34)20-24-9-12-28-29(17-24)38-16-15-37-28/h4-7,9-12,19,23,29-30H,2-3,8,13-18,20-22H2,1H3,(H,33,35). The number of fused-ring (bicyclic) bond motifs is 1. The molecule has 1 amide bonds. The van der Waals surface area contributed by atoms with Crippen molar-refractivity contribution in [3.8, 4) is 5.75 Å². The summed E-state index contributed by atoms with van der Waals surface area (Å²) >= 11 is 0. The molecule has 1 aromatic rings. The summed E-state index contributed by atoms with van der Waals surface area (Å²) < 4.78 is 17.1. The summed E-state index contributed by atoms with van der Waals surface area (Å²) in [4.78, 5) is 15.7. The third-order valence-corrected chi connectivity index (χ3v) is 8.80. The molecule has 6 nitrogen and oxygen atoms in total. The van der Waals surface area contributed by atoms with Gasteiger partial charge in [0.1, 0.15) is 24.2 Å². The van der Waals surface area contributed by atoms with E-state index in [0.717, 1.165) is 49.3 Å². The molecule has 0 aromatic heterocycles. The van der Waals surface area contributed by atoms with Crippen molar-refractivity contribution in [3.05, 3.63) is 71.5 Å². The summed E-state index contributed by atoms with van der Waals surface area (Å²) in [7, 11) is 1.69. The van der Waals surface area contributed by atoms with Gasteiger partial charge in [-0.15, -0.1) is 0 Å². The Kier molecular flexibility index (Phi) is 7.44. The second-order valence-corrected chi connectivity index (χ2v) is 11.6. The molecule has 2 heterocycles. The molecule has 3 fully saturated rings. The van der Waals surface area contributed by atoms with Crippen LogP contribution in [0.15, 0.2) is 66.0 Å². The number of methoxy groups -OCH3 is 1. The highest BCUT2D eigenvalue weighted by Crippen LogP contribution is 2.53. The Morgan fingerprint density at radius 1 is 1.21 bits per heavy atom. The summed E-state index contributed by atoms with van der Waals surface area (Å²) in [5.41, 5.74) is 3.90. The minimum Gasteiger partial charge on any atom is -0.497 e. The number of carbonyl (C=O) groups excluding carboxylic acids is 1. The number of carbonyl (C=O) groups is 1. The molecule has 4 unspecified atom stereocenters. The highest BCUT2D eigenvalue weighted by Gasteiger charge is 2.56. The number of hydrogen-bond acceptors (Lipinski definition) is 5. The van der Waals surface area contributed by atoms with E-state index in [2.05, 4.69) is 52.7 Å². The van der Waals surface area contributed by atoms with Crippen LogP contribution in [0, 0.1) is 11.3 Å². The first kappa shape index (κ1) is 25.4. The predicted molar refractivity (Wildman–Crippen MR) is 149 cm³/mol. The van der Waals surface area contributed by atoms with Crippen molar-refractivity contribution in [2.75, 3.05) is 40.0 Å². The van der Waals surface area contributed by atoms with E-state index >= 15 is 0 Å². The van der Waals surface area contributed by atoms with Crippen molar-refractivity contribution < 1.29 is 19.0 Å². The molecular weight excluding hydrogens is 476 g/mol. The molecule has 1 aromatic carbocycles. The fourth-order valence-electron chi connectivity index (χ4n) is 6.62. The second kappa shape index (κ2) is 11.1. The van der Waals surface area contributed by atoms with Gasteiger partial charge in [-0.1, -0.05) is 42.0 Å². The normalized spacial score (nSPS) is 30.4. The van der Waals surface area contributed by atoms with Gasteiger partial charge < -0.3 is 24.4 Å². The highest BCUT2D eigenvalue weighted by molar-refractivity contribution is 5.79. The molecule has 1 saturated carbocycles. The molecule has 202 valence electrons. The number of likely N-dealkylation sites (tertiary alicyclic amines) is 1. The SMILES string of the molecule is COc1cccc(C2=CCC(CC(=O)NC3CC3(CC3=CC=C4OCCOC4C3)CN3CCCC3)C=C2)c1. The first-order valence-electron chi connectivity index (χ1n) is 14.3. The summed E-state index contributed by atoms with van der Waals surface area (Å²) in [5.74, 6) is 2.25. The van der Waals surface area contributed by atoms with Gasteiger partial charge >= 0.3 is 0 Å². The average molecular weight is 517 g/mol. The highest BCUT2D eigenvalue weighted by atomic mass is 16.6. The Morgan fingerprint density at radius 2 is 2.11 bits per heavy atom. The zero-order valence-corrected chi connectivity index (χ0v) is 22.5. The summed E-state index contributed by atoms with van der Waals surface area (Å²) in [6.45, 7) is 4.75. The number of ether oxygens (including phenoxy) is 3. The molecule has 4 atom stereocenters. The Bertz CT molecular complexity index is 1160. The van der Waals surface area contributed by atoms with Crippen molar-refractivity contribution in [1.82, 2.24) is 10.2 Å². The van der Waals surface area contributed by atoms with Crippen LogP contribution in [0.5, 0.6) is 5.75 Å². The third kappa shape index (κ3) is 5.76.